The highest BCUT2D eigenvalue weighted by atomic mass is 16.5. The smallest absolute Gasteiger partial charge is 0.118 e. The summed E-state index contributed by atoms with van der Waals surface area (Å²) in [6.45, 7) is 5.21. The maximum atomic E-state index is 5.83. The SMILES string of the molecule is CCCCOC(C#Cc1ccccc1)CCCC. The van der Waals surface area contributed by atoms with E-state index in [2.05, 4.69) is 25.7 Å². The Kier molecular flexibility index (Phi) is 8.01. The molecule has 0 saturated heterocycles. The summed E-state index contributed by atoms with van der Waals surface area (Å²) in [5, 5.41) is 0. The van der Waals surface area contributed by atoms with Crippen LogP contribution in [0.15, 0.2) is 30.3 Å². The van der Waals surface area contributed by atoms with Gasteiger partial charge in [0.25, 0.3) is 0 Å². The Hall–Kier alpha value is -1.26. The Morgan fingerprint density at radius 1 is 1.06 bits per heavy atom. The number of hydrogen-bond acceptors (Lipinski definition) is 1. The van der Waals surface area contributed by atoms with Crippen LogP contribution in [0.25, 0.3) is 0 Å². The molecule has 98 valence electrons. The van der Waals surface area contributed by atoms with E-state index in [0.717, 1.165) is 25.0 Å². The molecule has 1 aromatic carbocycles. The van der Waals surface area contributed by atoms with Crippen LogP contribution < -0.4 is 0 Å². The summed E-state index contributed by atoms with van der Waals surface area (Å²) in [5.41, 5.74) is 1.07. The molecule has 1 heteroatoms. The predicted molar refractivity (Wildman–Crippen MR) is 77.5 cm³/mol. The van der Waals surface area contributed by atoms with Gasteiger partial charge in [-0.15, -0.1) is 0 Å². The molecule has 1 unspecified atom stereocenters. The van der Waals surface area contributed by atoms with Crippen molar-refractivity contribution in [3.05, 3.63) is 35.9 Å². The van der Waals surface area contributed by atoms with Crippen molar-refractivity contribution in [2.75, 3.05) is 6.61 Å². The number of benzene rings is 1. The van der Waals surface area contributed by atoms with Gasteiger partial charge in [-0.3, -0.25) is 0 Å². The fourth-order valence-electron chi connectivity index (χ4n) is 1.64. The normalized spacial score (nSPS) is 11.7. The molecule has 0 N–H and O–H groups in total. The van der Waals surface area contributed by atoms with Crippen LogP contribution in [0.5, 0.6) is 0 Å². The zero-order valence-corrected chi connectivity index (χ0v) is 11.6. The van der Waals surface area contributed by atoms with E-state index in [4.69, 9.17) is 4.74 Å². The fraction of sp³-hybridized carbons (Fsp3) is 0.529. The van der Waals surface area contributed by atoms with Crippen LogP contribution in [0.3, 0.4) is 0 Å². The highest BCUT2D eigenvalue weighted by molar-refractivity contribution is 5.34. The van der Waals surface area contributed by atoms with E-state index < -0.39 is 0 Å². The van der Waals surface area contributed by atoms with Crippen molar-refractivity contribution in [2.24, 2.45) is 0 Å². The average Bonchev–Trinajstić information content (AvgIpc) is 2.42. The minimum absolute atomic E-state index is 0.0942. The van der Waals surface area contributed by atoms with Crippen LogP contribution in [0.1, 0.15) is 51.5 Å². The summed E-state index contributed by atoms with van der Waals surface area (Å²) in [5.74, 6) is 6.46. The highest BCUT2D eigenvalue weighted by Crippen LogP contribution is 2.06. The lowest BCUT2D eigenvalue weighted by atomic mass is 10.1. The minimum atomic E-state index is 0.0942. The zero-order chi connectivity index (χ0) is 13.1. The molecule has 1 rings (SSSR count). The van der Waals surface area contributed by atoms with Crippen molar-refractivity contribution in [3.63, 3.8) is 0 Å². The second kappa shape index (κ2) is 9.74. The van der Waals surface area contributed by atoms with Crippen molar-refractivity contribution in [3.8, 4) is 11.8 Å². The number of hydrogen-bond donors (Lipinski definition) is 0. The van der Waals surface area contributed by atoms with Crippen molar-refractivity contribution >= 4 is 0 Å². The van der Waals surface area contributed by atoms with Crippen LogP contribution in [0.4, 0.5) is 0 Å². The second-order valence-corrected chi connectivity index (χ2v) is 4.49. The van der Waals surface area contributed by atoms with Crippen molar-refractivity contribution < 1.29 is 4.74 Å². The third-order valence-corrected chi connectivity index (χ3v) is 2.79. The van der Waals surface area contributed by atoms with Gasteiger partial charge >= 0.3 is 0 Å². The second-order valence-electron chi connectivity index (χ2n) is 4.49. The fourth-order valence-corrected chi connectivity index (χ4v) is 1.64. The van der Waals surface area contributed by atoms with Crippen LogP contribution >= 0.6 is 0 Å². The highest BCUT2D eigenvalue weighted by Gasteiger charge is 2.03. The molecule has 0 spiro atoms. The molecule has 0 radical (unpaired) electrons. The number of ether oxygens (including phenoxy) is 1. The first-order chi connectivity index (χ1) is 8.86. The van der Waals surface area contributed by atoms with E-state index in [0.29, 0.717) is 0 Å². The van der Waals surface area contributed by atoms with Gasteiger partial charge in [0.1, 0.15) is 6.10 Å². The van der Waals surface area contributed by atoms with Crippen molar-refractivity contribution in [1.29, 1.82) is 0 Å². The molecular weight excluding hydrogens is 220 g/mol. The van der Waals surface area contributed by atoms with Crippen LogP contribution in [-0.4, -0.2) is 12.7 Å². The molecule has 0 aliphatic rings. The van der Waals surface area contributed by atoms with Gasteiger partial charge in [-0.1, -0.05) is 63.1 Å². The van der Waals surface area contributed by atoms with E-state index in [1.54, 1.807) is 0 Å². The van der Waals surface area contributed by atoms with E-state index >= 15 is 0 Å². The van der Waals surface area contributed by atoms with Gasteiger partial charge in [0, 0.05) is 12.2 Å². The number of unbranched alkanes of at least 4 members (excludes halogenated alkanes) is 2. The molecule has 0 aliphatic carbocycles. The summed E-state index contributed by atoms with van der Waals surface area (Å²) < 4.78 is 5.83. The lowest BCUT2D eigenvalue weighted by molar-refractivity contribution is 0.0820. The van der Waals surface area contributed by atoms with Gasteiger partial charge < -0.3 is 4.74 Å². The average molecular weight is 244 g/mol. The zero-order valence-electron chi connectivity index (χ0n) is 11.6. The maximum Gasteiger partial charge on any atom is 0.118 e. The maximum absolute atomic E-state index is 5.83. The Labute approximate surface area is 112 Å². The third kappa shape index (κ3) is 6.47. The summed E-state index contributed by atoms with van der Waals surface area (Å²) in [4.78, 5) is 0. The molecule has 1 atom stereocenters. The lowest BCUT2D eigenvalue weighted by Gasteiger charge is -2.11. The van der Waals surface area contributed by atoms with Crippen molar-refractivity contribution in [1.82, 2.24) is 0 Å². The van der Waals surface area contributed by atoms with Crippen LogP contribution in [0, 0.1) is 11.8 Å². The third-order valence-electron chi connectivity index (χ3n) is 2.79. The molecule has 0 aliphatic heterocycles. The summed E-state index contributed by atoms with van der Waals surface area (Å²) in [6.07, 6.45) is 5.81. The van der Waals surface area contributed by atoms with Gasteiger partial charge in [-0.2, -0.15) is 0 Å². The van der Waals surface area contributed by atoms with Crippen LogP contribution in [0.2, 0.25) is 0 Å². The molecule has 1 aromatic rings. The molecule has 0 fully saturated rings. The first-order valence-electron chi connectivity index (χ1n) is 7.05. The van der Waals surface area contributed by atoms with Crippen molar-refractivity contribution in [2.45, 2.75) is 52.1 Å². The van der Waals surface area contributed by atoms with Gasteiger partial charge in [0.05, 0.1) is 0 Å². The molecule has 0 bridgehead atoms. The molecular formula is C17H24O. The van der Waals surface area contributed by atoms with Gasteiger partial charge in [0.2, 0.25) is 0 Å². The molecule has 0 amide bonds. The van der Waals surface area contributed by atoms with Gasteiger partial charge in [-0.25, -0.2) is 0 Å². The van der Waals surface area contributed by atoms with Gasteiger partial charge in [-0.05, 0) is 25.0 Å². The molecule has 1 nitrogen and oxygen atoms in total. The molecule has 18 heavy (non-hydrogen) atoms. The molecule has 0 aromatic heterocycles. The lowest BCUT2D eigenvalue weighted by Crippen LogP contribution is -2.11. The summed E-state index contributed by atoms with van der Waals surface area (Å²) >= 11 is 0. The quantitative estimate of drug-likeness (QED) is 0.510. The number of rotatable bonds is 7. The Balaban J connectivity index is 2.51. The molecule has 0 heterocycles. The summed E-state index contributed by atoms with van der Waals surface area (Å²) in [7, 11) is 0. The Morgan fingerprint density at radius 2 is 1.78 bits per heavy atom. The first-order valence-corrected chi connectivity index (χ1v) is 7.05. The topological polar surface area (TPSA) is 9.23 Å². The standard InChI is InChI=1S/C17H24O/c1-3-5-12-17(18-15-6-4-2)14-13-16-10-8-7-9-11-16/h7-11,17H,3-6,12,15H2,1-2H3. The monoisotopic (exact) mass is 244 g/mol. The van der Waals surface area contributed by atoms with Gasteiger partial charge in [0.15, 0.2) is 0 Å². The molecule has 0 saturated carbocycles. The van der Waals surface area contributed by atoms with E-state index in [-0.39, 0.29) is 6.10 Å². The largest absolute Gasteiger partial charge is 0.366 e. The first kappa shape index (κ1) is 14.8. The minimum Gasteiger partial charge on any atom is -0.366 e. The Bertz CT molecular complexity index is 358. The van der Waals surface area contributed by atoms with E-state index in [1.165, 1.54) is 19.3 Å². The van der Waals surface area contributed by atoms with Crippen LogP contribution in [-0.2, 0) is 4.74 Å². The predicted octanol–water partition coefficient (Wildman–Crippen LogP) is 4.41. The Morgan fingerprint density at radius 3 is 2.44 bits per heavy atom. The van der Waals surface area contributed by atoms with E-state index in [9.17, 15) is 0 Å². The summed E-state index contributed by atoms with van der Waals surface area (Å²) in [6, 6.07) is 10.1. The van der Waals surface area contributed by atoms with E-state index in [1.807, 2.05) is 30.3 Å².